The molecule has 0 saturated heterocycles. The molecule has 0 aromatic heterocycles. The number of nitrogens with zero attached hydrogens (tertiary/aromatic N) is 1. The first kappa shape index (κ1) is 16.0. The van der Waals surface area contributed by atoms with Crippen LogP contribution < -0.4 is 4.74 Å². The number of carboxylic acids is 1. The summed E-state index contributed by atoms with van der Waals surface area (Å²) in [4.78, 5) is 20.2. The molecule has 0 fully saturated rings. The van der Waals surface area contributed by atoms with Crippen LogP contribution in [0.3, 0.4) is 0 Å². The maximum absolute atomic E-state index is 12.4. The Bertz CT molecular complexity index is 534. The van der Waals surface area contributed by atoms with Gasteiger partial charge in [-0.3, -0.25) is 14.9 Å². The van der Waals surface area contributed by atoms with E-state index in [1.165, 1.54) is 0 Å². The normalized spacial score (nSPS) is 12.8. The molecule has 0 saturated carbocycles. The quantitative estimate of drug-likeness (QED) is 0.667. The average molecular weight is 314 g/mol. The molecule has 0 aliphatic rings. The van der Waals surface area contributed by atoms with Gasteiger partial charge in [0.1, 0.15) is 12.4 Å². The van der Waals surface area contributed by atoms with E-state index in [2.05, 4.69) is 4.74 Å². The van der Waals surface area contributed by atoms with Crippen LogP contribution in [0.15, 0.2) is 18.2 Å². The predicted molar refractivity (Wildman–Crippen MR) is 60.8 cm³/mol. The van der Waals surface area contributed by atoms with Crippen molar-refractivity contribution in [1.82, 2.24) is 0 Å². The lowest BCUT2D eigenvalue weighted by Crippen LogP contribution is -2.35. The molecule has 1 unspecified atom stereocenters. The van der Waals surface area contributed by atoms with Crippen molar-refractivity contribution in [3.8, 4) is 5.75 Å². The fourth-order valence-corrected chi connectivity index (χ4v) is 1.43. The van der Waals surface area contributed by atoms with Crippen LogP contribution in [0, 0.1) is 16.0 Å². The van der Waals surface area contributed by atoms with E-state index in [-0.39, 0.29) is 16.5 Å². The lowest BCUT2D eigenvalue weighted by Gasteiger charge is -2.17. The second-order valence-corrected chi connectivity index (χ2v) is 4.02. The smallest absolute Gasteiger partial charge is 0.405 e. The number of nitro groups is 1. The van der Waals surface area contributed by atoms with Crippen LogP contribution in [0.5, 0.6) is 5.75 Å². The minimum absolute atomic E-state index is 0.271. The van der Waals surface area contributed by atoms with E-state index in [1.54, 1.807) is 0 Å². The number of hydrogen-bond donors (Lipinski definition) is 1. The Kier molecular flexibility index (Phi) is 4.77. The summed E-state index contributed by atoms with van der Waals surface area (Å²) in [5.41, 5.74) is -0.368. The number of halogens is 4. The number of benzene rings is 1. The summed E-state index contributed by atoms with van der Waals surface area (Å²) in [6, 6.07) is 2.86. The van der Waals surface area contributed by atoms with Crippen LogP contribution in [-0.4, -0.2) is 28.8 Å². The molecule has 1 rings (SSSR count). The first-order valence-electron chi connectivity index (χ1n) is 4.99. The lowest BCUT2D eigenvalue weighted by atomic mass is 10.1. The molecule has 0 radical (unpaired) electrons. The highest BCUT2D eigenvalue weighted by Crippen LogP contribution is 2.31. The molecule has 10 heteroatoms. The third-order valence-electron chi connectivity index (χ3n) is 2.22. The summed E-state index contributed by atoms with van der Waals surface area (Å²) < 4.78 is 41.7. The van der Waals surface area contributed by atoms with Crippen LogP contribution in [0.4, 0.5) is 18.9 Å². The molecule has 1 N–H and O–H groups in total. The molecule has 0 amide bonds. The van der Waals surface area contributed by atoms with E-state index in [1.807, 2.05) is 0 Å². The average Bonchev–Trinajstić information content (AvgIpc) is 2.28. The number of aliphatic carboxylic acids is 1. The summed E-state index contributed by atoms with van der Waals surface area (Å²) in [5.74, 6) is -5.07. The molecule has 0 spiro atoms. The summed E-state index contributed by atoms with van der Waals surface area (Å²) in [7, 11) is 0. The van der Waals surface area contributed by atoms with Gasteiger partial charge in [0, 0.05) is 12.1 Å². The van der Waals surface area contributed by atoms with Gasteiger partial charge in [-0.25, -0.2) is 0 Å². The minimum atomic E-state index is -4.97. The number of ether oxygens (including phenoxy) is 1. The Hall–Kier alpha value is -2.03. The molecule has 1 aromatic rings. The highest BCUT2D eigenvalue weighted by atomic mass is 35.5. The van der Waals surface area contributed by atoms with Crippen molar-refractivity contribution in [2.75, 3.05) is 6.61 Å². The van der Waals surface area contributed by atoms with Crippen molar-refractivity contribution < 1.29 is 32.7 Å². The van der Waals surface area contributed by atoms with E-state index in [0.717, 1.165) is 18.2 Å². The van der Waals surface area contributed by atoms with Gasteiger partial charge in [0.25, 0.3) is 5.69 Å². The van der Waals surface area contributed by atoms with Crippen molar-refractivity contribution in [2.45, 2.75) is 6.18 Å². The first-order valence-corrected chi connectivity index (χ1v) is 5.37. The van der Waals surface area contributed by atoms with Crippen molar-refractivity contribution in [3.63, 3.8) is 0 Å². The zero-order chi connectivity index (χ0) is 15.5. The van der Waals surface area contributed by atoms with Crippen molar-refractivity contribution in [3.05, 3.63) is 33.3 Å². The summed E-state index contributed by atoms with van der Waals surface area (Å²) in [5, 5.41) is 18.6. The van der Waals surface area contributed by atoms with Crippen LogP contribution in [0.1, 0.15) is 0 Å². The second-order valence-electron chi connectivity index (χ2n) is 3.62. The maximum Gasteiger partial charge on any atom is 0.405 e. The Morgan fingerprint density at radius 3 is 2.50 bits per heavy atom. The third-order valence-corrected chi connectivity index (χ3v) is 2.52. The topological polar surface area (TPSA) is 89.7 Å². The van der Waals surface area contributed by atoms with Gasteiger partial charge in [0.05, 0.1) is 9.95 Å². The predicted octanol–water partition coefficient (Wildman–Crippen LogP) is 2.89. The number of non-ortho nitro benzene ring substituents is 1. The number of hydrogen-bond acceptors (Lipinski definition) is 4. The molecule has 0 aliphatic heterocycles. The summed E-state index contributed by atoms with van der Waals surface area (Å²) in [6.07, 6.45) is -4.97. The summed E-state index contributed by atoms with van der Waals surface area (Å²) in [6.45, 7) is -1.18. The molecular formula is C10H7ClF3NO5. The Morgan fingerprint density at radius 1 is 1.50 bits per heavy atom. The van der Waals surface area contributed by atoms with Crippen LogP contribution in [-0.2, 0) is 4.79 Å². The van der Waals surface area contributed by atoms with E-state index < -0.39 is 29.6 Å². The molecule has 1 atom stereocenters. The summed E-state index contributed by atoms with van der Waals surface area (Å²) >= 11 is 5.59. The van der Waals surface area contributed by atoms with Crippen LogP contribution >= 0.6 is 11.6 Å². The van der Waals surface area contributed by atoms with Gasteiger partial charge in [0.2, 0.25) is 0 Å². The number of rotatable bonds is 5. The molecule has 0 bridgehead atoms. The van der Waals surface area contributed by atoms with Crippen LogP contribution in [0.2, 0.25) is 5.02 Å². The molecule has 0 aliphatic carbocycles. The first-order chi connectivity index (χ1) is 9.12. The second kappa shape index (κ2) is 5.95. The van der Waals surface area contributed by atoms with Gasteiger partial charge in [-0.1, -0.05) is 11.6 Å². The van der Waals surface area contributed by atoms with Crippen molar-refractivity contribution in [1.29, 1.82) is 0 Å². The van der Waals surface area contributed by atoms with Crippen molar-refractivity contribution in [2.24, 2.45) is 5.92 Å². The maximum atomic E-state index is 12.4. The number of carboxylic acid groups (broad SMARTS) is 1. The van der Waals surface area contributed by atoms with Gasteiger partial charge in [0.15, 0.2) is 5.92 Å². The number of carbonyl (C=O) groups is 1. The SMILES string of the molecule is O=C(O)C(COc1ccc([N+](=O)[O-])cc1Cl)C(F)(F)F. The molecule has 110 valence electrons. The molecule has 0 heterocycles. The Labute approximate surface area is 114 Å². The van der Waals surface area contributed by atoms with E-state index in [9.17, 15) is 28.1 Å². The highest BCUT2D eigenvalue weighted by molar-refractivity contribution is 6.32. The molecule has 20 heavy (non-hydrogen) atoms. The van der Waals surface area contributed by atoms with E-state index in [4.69, 9.17) is 16.7 Å². The molecule has 6 nitrogen and oxygen atoms in total. The van der Waals surface area contributed by atoms with E-state index >= 15 is 0 Å². The zero-order valence-electron chi connectivity index (χ0n) is 9.56. The molecule has 1 aromatic carbocycles. The Morgan fingerprint density at radius 2 is 2.10 bits per heavy atom. The fourth-order valence-electron chi connectivity index (χ4n) is 1.20. The van der Waals surface area contributed by atoms with Crippen molar-refractivity contribution >= 4 is 23.3 Å². The highest BCUT2D eigenvalue weighted by Gasteiger charge is 2.45. The van der Waals surface area contributed by atoms with Crippen LogP contribution in [0.25, 0.3) is 0 Å². The van der Waals surface area contributed by atoms with Gasteiger partial charge < -0.3 is 9.84 Å². The van der Waals surface area contributed by atoms with Gasteiger partial charge >= 0.3 is 12.1 Å². The minimum Gasteiger partial charge on any atom is -0.491 e. The standard InChI is InChI=1S/C10H7ClF3NO5/c11-7-3-5(15(18)19)1-2-8(7)20-4-6(9(16)17)10(12,13)14/h1-3,6H,4H2,(H,16,17). The lowest BCUT2D eigenvalue weighted by molar-refractivity contribution is -0.384. The monoisotopic (exact) mass is 313 g/mol. The molecular weight excluding hydrogens is 307 g/mol. The third kappa shape index (κ3) is 3.98. The van der Waals surface area contributed by atoms with Gasteiger partial charge in [-0.05, 0) is 6.07 Å². The Balaban J connectivity index is 2.84. The van der Waals surface area contributed by atoms with Gasteiger partial charge in [-0.15, -0.1) is 0 Å². The largest absolute Gasteiger partial charge is 0.491 e. The van der Waals surface area contributed by atoms with E-state index in [0.29, 0.717) is 0 Å². The number of alkyl halides is 3. The van der Waals surface area contributed by atoms with Gasteiger partial charge in [-0.2, -0.15) is 13.2 Å². The number of nitro benzene ring substituents is 1. The fraction of sp³-hybridized carbons (Fsp3) is 0.300. The zero-order valence-corrected chi connectivity index (χ0v) is 10.3.